The summed E-state index contributed by atoms with van der Waals surface area (Å²) in [7, 11) is -3.49. The van der Waals surface area contributed by atoms with E-state index in [0.29, 0.717) is 35.7 Å². The highest BCUT2D eigenvalue weighted by atomic mass is 32.2. The van der Waals surface area contributed by atoms with E-state index < -0.39 is 10.0 Å². The normalized spacial score (nSPS) is 19.8. The lowest BCUT2D eigenvalue weighted by Gasteiger charge is -2.20. The Balaban J connectivity index is 1.78. The van der Waals surface area contributed by atoms with Gasteiger partial charge in [-0.15, -0.1) is 0 Å². The lowest BCUT2D eigenvalue weighted by molar-refractivity contribution is 0.427. The van der Waals surface area contributed by atoms with Crippen LogP contribution in [-0.4, -0.2) is 31.6 Å². The van der Waals surface area contributed by atoms with Crippen molar-refractivity contribution in [2.45, 2.75) is 23.5 Å². The van der Waals surface area contributed by atoms with E-state index in [1.165, 1.54) is 10.4 Å². The van der Waals surface area contributed by atoms with Crippen molar-refractivity contribution >= 4 is 21.8 Å². The number of rotatable bonds is 3. The maximum atomic E-state index is 14.0. The van der Waals surface area contributed by atoms with Crippen molar-refractivity contribution in [1.29, 1.82) is 0 Å². The van der Waals surface area contributed by atoms with Gasteiger partial charge in [-0.1, -0.05) is 35.9 Å². The molecule has 1 unspecified atom stereocenters. The summed E-state index contributed by atoms with van der Waals surface area (Å²) in [6.07, 6.45) is 0.608. The Bertz CT molecular complexity index is 806. The second-order valence-corrected chi connectivity index (χ2v) is 9.14. The first kappa shape index (κ1) is 17.5. The molecule has 0 amide bonds. The van der Waals surface area contributed by atoms with Crippen molar-refractivity contribution in [3.05, 3.63) is 65.5 Å². The summed E-state index contributed by atoms with van der Waals surface area (Å²) in [6.45, 7) is 2.78. The summed E-state index contributed by atoms with van der Waals surface area (Å²) in [5.74, 6) is 0.439. The molecule has 1 heterocycles. The number of halogens is 1. The van der Waals surface area contributed by atoms with Crippen LogP contribution >= 0.6 is 11.8 Å². The van der Waals surface area contributed by atoms with Gasteiger partial charge in [0, 0.05) is 29.7 Å². The van der Waals surface area contributed by atoms with Crippen LogP contribution in [0.5, 0.6) is 0 Å². The first-order chi connectivity index (χ1) is 11.5. The predicted octanol–water partition coefficient (Wildman–Crippen LogP) is 4.00. The summed E-state index contributed by atoms with van der Waals surface area (Å²) in [6, 6.07) is 13.7. The molecule has 3 nitrogen and oxygen atoms in total. The van der Waals surface area contributed by atoms with E-state index in [1.54, 1.807) is 36.0 Å². The van der Waals surface area contributed by atoms with Crippen LogP contribution in [0.2, 0.25) is 0 Å². The Labute approximate surface area is 146 Å². The smallest absolute Gasteiger partial charge is 0.207 e. The molecule has 24 heavy (non-hydrogen) atoms. The molecular weight excluding hydrogens is 345 g/mol. The highest BCUT2D eigenvalue weighted by Gasteiger charge is 2.29. The molecule has 2 aromatic carbocycles. The van der Waals surface area contributed by atoms with Gasteiger partial charge in [-0.2, -0.15) is 16.1 Å². The van der Waals surface area contributed by atoms with Crippen molar-refractivity contribution in [1.82, 2.24) is 4.31 Å². The molecule has 3 rings (SSSR count). The zero-order valence-corrected chi connectivity index (χ0v) is 15.1. The van der Waals surface area contributed by atoms with Gasteiger partial charge < -0.3 is 0 Å². The molecule has 2 aromatic rings. The van der Waals surface area contributed by atoms with Crippen LogP contribution in [0.25, 0.3) is 0 Å². The molecule has 0 aromatic heterocycles. The highest BCUT2D eigenvalue weighted by Crippen LogP contribution is 2.36. The van der Waals surface area contributed by atoms with Crippen LogP contribution in [-0.2, 0) is 10.0 Å². The zero-order chi connectivity index (χ0) is 17.2. The van der Waals surface area contributed by atoms with E-state index in [0.717, 1.165) is 5.56 Å². The molecule has 1 saturated heterocycles. The number of aryl methyl sites for hydroxylation is 1. The number of thioether (sulfide) groups is 1. The maximum absolute atomic E-state index is 14.0. The minimum absolute atomic E-state index is 0.00980. The van der Waals surface area contributed by atoms with Crippen molar-refractivity contribution in [2.24, 2.45) is 0 Å². The van der Waals surface area contributed by atoms with Crippen LogP contribution in [0.4, 0.5) is 4.39 Å². The monoisotopic (exact) mass is 365 g/mol. The van der Waals surface area contributed by atoms with Crippen molar-refractivity contribution in [3.63, 3.8) is 0 Å². The fraction of sp³-hybridized carbons (Fsp3) is 0.333. The van der Waals surface area contributed by atoms with E-state index in [1.807, 2.05) is 25.1 Å². The van der Waals surface area contributed by atoms with E-state index in [9.17, 15) is 12.8 Å². The number of benzene rings is 2. The molecule has 0 aliphatic carbocycles. The van der Waals surface area contributed by atoms with Gasteiger partial charge >= 0.3 is 0 Å². The molecule has 1 aliphatic rings. The Morgan fingerprint density at radius 3 is 2.50 bits per heavy atom. The van der Waals surface area contributed by atoms with Gasteiger partial charge in [0.2, 0.25) is 10.0 Å². The molecule has 1 atom stereocenters. The Morgan fingerprint density at radius 1 is 1.08 bits per heavy atom. The van der Waals surface area contributed by atoms with Gasteiger partial charge in [0.05, 0.1) is 4.90 Å². The molecule has 0 saturated carbocycles. The summed E-state index contributed by atoms with van der Waals surface area (Å²) in [5.41, 5.74) is 1.69. The minimum Gasteiger partial charge on any atom is -0.207 e. The quantitative estimate of drug-likeness (QED) is 0.825. The summed E-state index contributed by atoms with van der Waals surface area (Å²) >= 11 is 1.62. The molecule has 1 fully saturated rings. The first-order valence-corrected chi connectivity index (χ1v) is 10.4. The highest BCUT2D eigenvalue weighted by molar-refractivity contribution is 7.99. The molecule has 128 valence electrons. The SMILES string of the molecule is Cc1ccc(S(=O)(=O)N2CCSC(c3ccccc3F)CC2)cc1. The average Bonchev–Trinajstić information content (AvgIpc) is 2.82. The van der Waals surface area contributed by atoms with E-state index in [-0.39, 0.29) is 11.1 Å². The second kappa shape index (κ2) is 7.25. The fourth-order valence-electron chi connectivity index (χ4n) is 2.83. The number of nitrogens with zero attached hydrogens (tertiary/aromatic N) is 1. The lowest BCUT2D eigenvalue weighted by Crippen LogP contribution is -2.33. The van der Waals surface area contributed by atoms with Gasteiger partial charge in [-0.3, -0.25) is 0 Å². The summed E-state index contributed by atoms with van der Waals surface area (Å²) < 4.78 is 41.1. The third-order valence-electron chi connectivity index (χ3n) is 4.21. The zero-order valence-electron chi connectivity index (χ0n) is 13.5. The van der Waals surface area contributed by atoms with Gasteiger partial charge in [0.25, 0.3) is 0 Å². The van der Waals surface area contributed by atoms with E-state index in [4.69, 9.17) is 0 Å². The molecule has 0 bridgehead atoms. The summed E-state index contributed by atoms with van der Waals surface area (Å²) in [4.78, 5) is 0.322. The van der Waals surface area contributed by atoms with Crippen molar-refractivity contribution in [2.75, 3.05) is 18.8 Å². The largest absolute Gasteiger partial charge is 0.243 e. The van der Waals surface area contributed by atoms with Crippen LogP contribution in [0, 0.1) is 12.7 Å². The predicted molar refractivity (Wildman–Crippen MR) is 96.2 cm³/mol. The first-order valence-electron chi connectivity index (χ1n) is 7.91. The number of sulfonamides is 1. The molecule has 1 aliphatic heterocycles. The number of hydrogen-bond donors (Lipinski definition) is 0. The molecule has 6 heteroatoms. The van der Waals surface area contributed by atoms with Crippen LogP contribution in [0.15, 0.2) is 53.4 Å². The van der Waals surface area contributed by atoms with Gasteiger partial charge in [0.1, 0.15) is 5.82 Å². The maximum Gasteiger partial charge on any atom is 0.243 e. The van der Waals surface area contributed by atoms with Gasteiger partial charge in [-0.05, 0) is 31.5 Å². The molecule has 0 spiro atoms. The minimum atomic E-state index is -3.49. The Hall–Kier alpha value is -1.37. The molecular formula is C18H20FNO2S2. The van der Waals surface area contributed by atoms with Gasteiger partial charge in [0.15, 0.2) is 0 Å². The van der Waals surface area contributed by atoms with E-state index >= 15 is 0 Å². The average molecular weight is 365 g/mol. The second-order valence-electron chi connectivity index (χ2n) is 5.89. The van der Waals surface area contributed by atoms with Crippen LogP contribution in [0.3, 0.4) is 0 Å². The standard InChI is InChI=1S/C18H20FNO2S2/c1-14-6-8-15(9-7-14)24(21,22)20-11-10-18(23-13-12-20)16-4-2-3-5-17(16)19/h2-9,18H,10-13H2,1H3. The van der Waals surface area contributed by atoms with Crippen LogP contribution in [0.1, 0.15) is 22.8 Å². The van der Waals surface area contributed by atoms with Gasteiger partial charge in [-0.25, -0.2) is 12.8 Å². The van der Waals surface area contributed by atoms with Crippen molar-refractivity contribution in [3.8, 4) is 0 Å². The lowest BCUT2D eigenvalue weighted by atomic mass is 10.1. The van der Waals surface area contributed by atoms with Crippen molar-refractivity contribution < 1.29 is 12.8 Å². The topological polar surface area (TPSA) is 37.4 Å². The molecule has 0 N–H and O–H groups in total. The summed E-state index contributed by atoms with van der Waals surface area (Å²) in [5, 5.41) is -0.00980. The fourth-order valence-corrected chi connectivity index (χ4v) is 5.66. The Kier molecular flexibility index (Phi) is 5.27. The Morgan fingerprint density at radius 2 is 1.79 bits per heavy atom. The third kappa shape index (κ3) is 3.66. The number of hydrogen-bond acceptors (Lipinski definition) is 3. The van der Waals surface area contributed by atoms with E-state index in [2.05, 4.69) is 0 Å². The molecule has 0 radical (unpaired) electrons. The van der Waals surface area contributed by atoms with Crippen LogP contribution < -0.4 is 0 Å². The third-order valence-corrected chi connectivity index (χ3v) is 7.43.